The van der Waals surface area contributed by atoms with E-state index < -0.39 is 0 Å². The van der Waals surface area contributed by atoms with Crippen molar-refractivity contribution in [2.45, 2.75) is 51.4 Å². The molecule has 3 rings (SSSR count). The van der Waals surface area contributed by atoms with E-state index >= 15 is 0 Å². The van der Waals surface area contributed by atoms with Crippen LogP contribution in [0.3, 0.4) is 0 Å². The first-order valence-corrected chi connectivity index (χ1v) is 11.0. The number of hydrogen-bond acceptors (Lipinski definition) is 5. The Bertz CT molecular complexity index is 720. The highest BCUT2D eigenvalue weighted by atomic mass is 16.5. The van der Waals surface area contributed by atoms with Crippen LogP contribution in [0.1, 0.15) is 51.4 Å². The van der Waals surface area contributed by atoms with Crippen molar-refractivity contribution in [3.05, 3.63) is 12.1 Å². The average Bonchev–Trinajstić information content (AvgIpc) is 3.17. The van der Waals surface area contributed by atoms with E-state index in [1.165, 1.54) is 59.9 Å². The minimum atomic E-state index is -0.341. The van der Waals surface area contributed by atoms with E-state index in [0.717, 1.165) is 12.3 Å². The molecule has 1 atom stereocenters. The monoisotopic (exact) mass is 418 g/mol. The molecule has 30 heavy (non-hydrogen) atoms. The third kappa shape index (κ3) is 5.18. The summed E-state index contributed by atoms with van der Waals surface area (Å²) in [6.45, 7) is 1.04. The fraction of sp³-hybridized carbons (Fsp3) is 0.652. The molecule has 1 unspecified atom stereocenters. The Morgan fingerprint density at radius 1 is 1.07 bits per heavy atom. The van der Waals surface area contributed by atoms with Gasteiger partial charge in [-0.3, -0.25) is 9.59 Å². The second-order valence-corrected chi connectivity index (χ2v) is 8.23. The summed E-state index contributed by atoms with van der Waals surface area (Å²) in [6, 6.07) is 3.48. The lowest BCUT2D eigenvalue weighted by Crippen LogP contribution is -2.33. The first-order chi connectivity index (χ1) is 14.6. The summed E-state index contributed by atoms with van der Waals surface area (Å²) in [5.41, 5.74) is 0.641. The maximum Gasteiger partial charge on any atom is 0.227 e. The van der Waals surface area contributed by atoms with Gasteiger partial charge in [0.15, 0.2) is 11.5 Å². The lowest BCUT2D eigenvalue weighted by Gasteiger charge is -2.21. The van der Waals surface area contributed by atoms with Crippen LogP contribution in [0, 0.1) is 11.8 Å². The molecule has 2 aliphatic rings. The Hall–Kier alpha value is -2.44. The highest BCUT2D eigenvalue weighted by Crippen LogP contribution is 2.42. The third-order valence-electron chi connectivity index (χ3n) is 6.27. The Morgan fingerprint density at radius 2 is 1.73 bits per heavy atom. The fourth-order valence-corrected chi connectivity index (χ4v) is 4.58. The molecule has 7 nitrogen and oxygen atoms in total. The predicted molar refractivity (Wildman–Crippen MR) is 115 cm³/mol. The third-order valence-corrected chi connectivity index (χ3v) is 6.27. The smallest absolute Gasteiger partial charge is 0.227 e. The summed E-state index contributed by atoms with van der Waals surface area (Å²) < 4.78 is 16.1. The number of methoxy groups -OCH3 is 3. The van der Waals surface area contributed by atoms with E-state index in [2.05, 4.69) is 5.32 Å². The lowest BCUT2D eigenvalue weighted by molar-refractivity contribution is -0.126. The van der Waals surface area contributed by atoms with Crippen molar-refractivity contribution in [2.24, 2.45) is 11.8 Å². The van der Waals surface area contributed by atoms with Gasteiger partial charge in [-0.05, 0) is 18.8 Å². The van der Waals surface area contributed by atoms with Gasteiger partial charge in [-0.15, -0.1) is 0 Å². The molecule has 166 valence electrons. The highest BCUT2D eigenvalue weighted by Gasteiger charge is 2.35. The van der Waals surface area contributed by atoms with E-state index in [0.29, 0.717) is 36.0 Å². The molecule has 0 radical (unpaired) electrons. The number of hydrogen-bond donors (Lipinski definition) is 1. The molecule has 1 heterocycles. The molecule has 2 fully saturated rings. The van der Waals surface area contributed by atoms with E-state index in [4.69, 9.17) is 14.2 Å². The van der Waals surface area contributed by atoms with Crippen LogP contribution in [-0.4, -0.2) is 46.2 Å². The van der Waals surface area contributed by atoms with Crippen molar-refractivity contribution >= 4 is 17.5 Å². The molecule has 0 spiro atoms. The Morgan fingerprint density at radius 3 is 2.33 bits per heavy atom. The maximum absolute atomic E-state index is 12.6. The van der Waals surface area contributed by atoms with Gasteiger partial charge in [-0.1, -0.05) is 32.1 Å². The zero-order valence-corrected chi connectivity index (χ0v) is 18.4. The molecule has 1 aromatic carbocycles. The minimum absolute atomic E-state index is 0.0399. The first kappa shape index (κ1) is 22.2. The van der Waals surface area contributed by atoms with Crippen LogP contribution in [-0.2, 0) is 9.59 Å². The van der Waals surface area contributed by atoms with E-state index in [-0.39, 0.29) is 24.2 Å². The van der Waals surface area contributed by atoms with Crippen molar-refractivity contribution in [1.29, 1.82) is 0 Å². The van der Waals surface area contributed by atoms with Crippen molar-refractivity contribution in [1.82, 2.24) is 5.32 Å². The van der Waals surface area contributed by atoms with Gasteiger partial charge in [0.2, 0.25) is 17.6 Å². The van der Waals surface area contributed by atoms with Crippen LogP contribution in [0.2, 0.25) is 0 Å². The number of rotatable bonds is 9. The number of amides is 2. The largest absolute Gasteiger partial charge is 0.493 e. The van der Waals surface area contributed by atoms with Gasteiger partial charge in [0.05, 0.1) is 32.9 Å². The SMILES string of the molecule is COc1cc(N2CC(C(=O)NCCCC3CCCCC3)CC2=O)cc(OC)c1OC. The molecule has 1 saturated heterocycles. The molecule has 1 aliphatic heterocycles. The summed E-state index contributed by atoms with van der Waals surface area (Å²) in [5.74, 6) is 1.80. The number of anilines is 1. The van der Waals surface area contributed by atoms with Crippen molar-refractivity contribution in [3.63, 3.8) is 0 Å². The highest BCUT2D eigenvalue weighted by molar-refractivity contribution is 6.00. The maximum atomic E-state index is 12.6. The molecule has 1 N–H and O–H groups in total. The minimum Gasteiger partial charge on any atom is -0.493 e. The standard InChI is InChI=1S/C23H34N2O5/c1-28-19-13-18(14-20(29-2)22(19)30-3)25-15-17(12-21(25)26)23(27)24-11-7-10-16-8-5-4-6-9-16/h13-14,16-17H,4-12,15H2,1-3H3,(H,24,27). The normalized spacial score (nSPS) is 19.6. The summed E-state index contributed by atoms with van der Waals surface area (Å²) in [4.78, 5) is 26.8. The predicted octanol–water partition coefficient (Wildman–Crippen LogP) is 3.54. The molecule has 0 aromatic heterocycles. The summed E-state index contributed by atoms with van der Waals surface area (Å²) in [6.07, 6.45) is 9.12. The number of carbonyl (C=O) groups is 2. The van der Waals surface area contributed by atoms with Crippen LogP contribution in [0.25, 0.3) is 0 Å². The number of nitrogens with one attached hydrogen (secondary N) is 1. The number of nitrogens with zero attached hydrogens (tertiary/aromatic N) is 1. The summed E-state index contributed by atoms with van der Waals surface area (Å²) in [7, 11) is 4.61. The van der Waals surface area contributed by atoms with Crippen LogP contribution >= 0.6 is 0 Å². The van der Waals surface area contributed by atoms with Gasteiger partial charge in [-0.25, -0.2) is 0 Å². The van der Waals surface area contributed by atoms with Crippen LogP contribution < -0.4 is 24.4 Å². The summed E-state index contributed by atoms with van der Waals surface area (Å²) in [5, 5.41) is 3.03. The van der Waals surface area contributed by atoms with Gasteiger partial charge in [0, 0.05) is 31.6 Å². The quantitative estimate of drug-likeness (QED) is 0.621. The van der Waals surface area contributed by atoms with E-state index in [1.807, 2.05) is 0 Å². The van der Waals surface area contributed by atoms with Gasteiger partial charge < -0.3 is 24.4 Å². The fourth-order valence-electron chi connectivity index (χ4n) is 4.58. The Balaban J connectivity index is 1.56. The first-order valence-electron chi connectivity index (χ1n) is 11.0. The van der Waals surface area contributed by atoms with E-state index in [9.17, 15) is 9.59 Å². The van der Waals surface area contributed by atoms with Crippen molar-refractivity contribution in [2.75, 3.05) is 39.3 Å². The number of benzene rings is 1. The molecular formula is C23H34N2O5. The molecule has 0 bridgehead atoms. The number of ether oxygens (including phenoxy) is 3. The summed E-state index contributed by atoms with van der Waals surface area (Å²) >= 11 is 0. The second kappa shape index (κ2) is 10.5. The van der Waals surface area contributed by atoms with Crippen LogP contribution in [0.4, 0.5) is 5.69 Å². The van der Waals surface area contributed by atoms with E-state index in [1.54, 1.807) is 17.0 Å². The van der Waals surface area contributed by atoms with Gasteiger partial charge in [0.1, 0.15) is 0 Å². The molecule has 7 heteroatoms. The molecule has 1 aromatic rings. The molecule has 1 aliphatic carbocycles. The van der Waals surface area contributed by atoms with Gasteiger partial charge >= 0.3 is 0 Å². The van der Waals surface area contributed by atoms with Gasteiger partial charge in [0.25, 0.3) is 0 Å². The van der Waals surface area contributed by atoms with Crippen LogP contribution in [0.15, 0.2) is 12.1 Å². The molecule has 1 saturated carbocycles. The Kier molecular flexibility index (Phi) is 7.82. The molecular weight excluding hydrogens is 384 g/mol. The van der Waals surface area contributed by atoms with Crippen LogP contribution in [0.5, 0.6) is 17.2 Å². The topological polar surface area (TPSA) is 77.1 Å². The average molecular weight is 419 g/mol. The zero-order chi connectivity index (χ0) is 21.5. The number of carbonyl (C=O) groups excluding carboxylic acids is 2. The lowest BCUT2D eigenvalue weighted by atomic mass is 9.86. The molecule has 2 amide bonds. The zero-order valence-electron chi connectivity index (χ0n) is 18.4. The van der Waals surface area contributed by atoms with Crippen molar-refractivity contribution in [3.8, 4) is 17.2 Å². The van der Waals surface area contributed by atoms with Gasteiger partial charge in [-0.2, -0.15) is 0 Å². The van der Waals surface area contributed by atoms with Crippen molar-refractivity contribution < 1.29 is 23.8 Å². The Labute approximate surface area is 179 Å². The second-order valence-electron chi connectivity index (χ2n) is 8.23.